The van der Waals surface area contributed by atoms with Crippen molar-refractivity contribution >= 4 is 31.8 Å². The van der Waals surface area contributed by atoms with Crippen molar-refractivity contribution < 1.29 is 8.42 Å². The Morgan fingerprint density at radius 3 is 2.67 bits per heavy atom. The summed E-state index contributed by atoms with van der Waals surface area (Å²) in [4.78, 5) is 3.89. The van der Waals surface area contributed by atoms with Gasteiger partial charge in [0.2, 0.25) is 10.0 Å². The zero-order chi connectivity index (χ0) is 13.4. The first kappa shape index (κ1) is 13.8. The molecule has 7 heteroatoms. The van der Waals surface area contributed by atoms with Crippen LogP contribution in [0.5, 0.6) is 0 Å². The van der Waals surface area contributed by atoms with E-state index in [2.05, 4.69) is 25.6 Å². The molecule has 1 fully saturated rings. The number of pyridine rings is 1. The second-order valence-corrected chi connectivity index (χ2v) is 7.48. The molecule has 0 aromatic carbocycles. The zero-order valence-corrected chi connectivity index (χ0v) is 12.5. The van der Waals surface area contributed by atoms with Gasteiger partial charge < -0.3 is 5.73 Å². The summed E-state index contributed by atoms with van der Waals surface area (Å²) in [6.45, 7) is 1.93. The number of aromatic nitrogens is 1. The first-order valence-electron chi connectivity index (χ1n) is 5.77. The Bertz CT molecular complexity index is 553. The Morgan fingerprint density at radius 2 is 2.06 bits per heavy atom. The van der Waals surface area contributed by atoms with Crippen LogP contribution in [0.15, 0.2) is 21.6 Å². The molecule has 0 amide bonds. The second-order valence-electron chi connectivity index (χ2n) is 4.91. The lowest BCUT2D eigenvalue weighted by atomic mass is 10.0. The predicted octanol–water partition coefficient (Wildman–Crippen LogP) is 2.04. The smallest absolute Gasteiger partial charge is 0.244 e. The molecule has 0 unspecified atom stereocenters. The number of nitrogens with zero attached hydrogens (tertiary/aromatic N) is 1. The number of nitrogen functional groups attached to an aromatic ring is 1. The van der Waals surface area contributed by atoms with E-state index in [0.29, 0.717) is 4.47 Å². The molecule has 1 aromatic rings. The molecule has 0 bridgehead atoms. The molecule has 100 valence electrons. The molecule has 0 radical (unpaired) electrons. The van der Waals surface area contributed by atoms with E-state index in [9.17, 15) is 8.42 Å². The lowest BCUT2D eigenvalue weighted by Gasteiger charge is -2.25. The van der Waals surface area contributed by atoms with Crippen LogP contribution in [-0.2, 0) is 10.0 Å². The van der Waals surface area contributed by atoms with Gasteiger partial charge in [-0.1, -0.05) is 12.8 Å². The third-order valence-electron chi connectivity index (χ3n) is 3.23. The fraction of sp³-hybridized carbons (Fsp3) is 0.545. The molecule has 0 saturated heterocycles. The predicted molar refractivity (Wildman–Crippen MR) is 73.5 cm³/mol. The largest absolute Gasteiger partial charge is 0.383 e. The van der Waals surface area contributed by atoms with Gasteiger partial charge in [-0.2, -0.15) is 0 Å². The molecule has 3 N–H and O–H groups in total. The first-order valence-corrected chi connectivity index (χ1v) is 8.05. The molecule has 1 aliphatic rings. The molecular formula is C11H16BrN3O2S. The fourth-order valence-electron chi connectivity index (χ4n) is 2.28. The number of hydrogen-bond acceptors (Lipinski definition) is 4. The van der Waals surface area contributed by atoms with Crippen LogP contribution in [0.25, 0.3) is 0 Å². The van der Waals surface area contributed by atoms with Gasteiger partial charge in [0, 0.05) is 16.2 Å². The Labute approximate surface area is 115 Å². The van der Waals surface area contributed by atoms with Gasteiger partial charge in [-0.3, -0.25) is 0 Å². The second kappa shape index (κ2) is 4.79. The van der Waals surface area contributed by atoms with E-state index in [1.807, 2.05) is 6.92 Å². The lowest BCUT2D eigenvalue weighted by Crippen LogP contribution is -2.43. The average molecular weight is 334 g/mol. The summed E-state index contributed by atoms with van der Waals surface area (Å²) < 4.78 is 28.0. The zero-order valence-electron chi connectivity index (χ0n) is 10.1. The van der Waals surface area contributed by atoms with Crippen LogP contribution >= 0.6 is 15.9 Å². The summed E-state index contributed by atoms with van der Waals surface area (Å²) in [5.41, 5.74) is 5.27. The van der Waals surface area contributed by atoms with Crippen molar-refractivity contribution in [2.45, 2.75) is 43.0 Å². The molecule has 0 aliphatic heterocycles. The molecule has 1 aromatic heterocycles. The highest BCUT2D eigenvalue weighted by Gasteiger charge is 2.34. The molecule has 1 saturated carbocycles. The fourth-order valence-corrected chi connectivity index (χ4v) is 4.34. The molecule has 0 atom stereocenters. The van der Waals surface area contributed by atoms with E-state index in [4.69, 9.17) is 5.73 Å². The summed E-state index contributed by atoms with van der Waals surface area (Å²) in [6.07, 6.45) is 5.28. The number of hydrogen-bond donors (Lipinski definition) is 2. The maximum atomic E-state index is 12.3. The van der Waals surface area contributed by atoms with Gasteiger partial charge >= 0.3 is 0 Å². The van der Waals surface area contributed by atoms with E-state index in [-0.39, 0.29) is 16.3 Å². The number of sulfonamides is 1. The number of anilines is 1. The van der Waals surface area contributed by atoms with Crippen LogP contribution in [0.4, 0.5) is 5.82 Å². The van der Waals surface area contributed by atoms with E-state index in [1.165, 1.54) is 12.3 Å². The van der Waals surface area contributed by atoms with Gasteiger partial charge in [0.1, 0.15) is 10.7 Å². The highest BCUT2D eigenvalue weighted by atomic mass is 79.9. The van der Waals surface area contributed by atoms with Crippen molar-refractivity contribution in [2.75, 3.05) is 5.73 Å². The van der Waals surface area contributed by atoms with Crippen LogP contribution < -0.4 is 10.5 Å². The van der Waals surface area contributed by atoms with Crippen molar-refractivity contribution in [3.05, 3.63) is 16.7 Å². The number of nitrogens with two attached hydrogens (primary N) is 1. The van der Waals surface area contributed by atoms with Crippen molar-refractivity contribution in [3.8, 4) is 0 Å². The summed E-state index contributed by atoms with van der Waals surface area (Å²) in [6, 6.07) is 1.48. The molecule has 2 rings (SSSR count). The molecule has 5 nitrogen and oxygen atoms in total. The van der Waals surface area contributed by atoms with Crippen molar-refractivity contribution in [2.24, 2.45) is 0 Å². The topological polar surface area (TPSA) is 85.1 Å². The summed E-state index contributed by atoms with van der Waals surface area (Å²) in [5.74, 6) is 0.0206. The van der Waals surface area contributed by atoms with E-state index in [0.717, 1.165) is 25.7 Å². The minimum atomic E-state index is -3.62. The highest BCUT2D eigenvalue weighted by molar-refractivity contribution is 9.10. The standard InChI is InChI=1S/C11H16BrN3O2S/c1-11(4-2-3-5-11)15-18(16,17)9-6-8(12)7-14-10(9)13/h6-7,15H,2-5H2,1H3,(H2,13,14). The van der Waals surface area contributed by atoms with Gasteiger partial charge in [-0.15, -0.1) is 0 Å². The Balaban J connectivity index is 2.33. The minimum Gasteiger partial charge on any atom is -0.383 e. The van der Waals surface area contributed by atoms with Crippen LogP contribution in [0.2, 0.25) is 0 Å². The van der Waals surface area contributed by atoms with Crippen LogP contribution in [-0.4, -0.2) is 18.9 Å². The maximum Gasteiger partial charge on any atom is 0.244 e. The minimum absolute atomic E-state index is 0.0206. The van der Waals surface area contributed by atoms with Crippen molar-refractivity contribution in [3.63, 3.8) is 0 Å². The summed E-state index contributed by atoms with van der Waals surface area (Å²) in [5, 5.41) is 0. The number of halogens is 1. The highest BCUT2D eigenvalue weighted by Crippen LogP contribution is 2.31. The molecule has 0 spiro atoms. The Kier molecular flexibility index (Phi) is 3.66. The van der Waals surface area contributed by atoms with Crippen LogP contribution in [0.1, 0.15) is 32.6 Å². The van der Waals surface area contributed by atoms with Crippen molar-refractivity contribution in [1.82, 2.24) is 9.71 Å². The Hall–Kier alpha value is -0.660. The molecule has 1 aliphatic carbocycles. The van der Waals surface area contributed by atoms with Gasteiger partial charge in [-0.05, 0) is 41.8 Å². The monoisotopic (exact) mass is 333 g/mol. The first-order chi connectivity index (χ1) is 8.32. The van der Waals surface area contributed by atoms with Gasteiger partial charge in [0.15, 0.2) is 0 Å². The normalized spacial score (nSPS) is 19.0. The van der Waals surface area contributed by atoms with Crippen LogP contribution in [0, 0.1) is 0 Å². The summed E-state index contributed by atoms with van der Waals surface area (Å²) >= 11 is 3.20. The van der Waals surface area contributed by atoms with E-state index < -0.39 is 10.0 Å². The van der Waals surface area contributed by atoms with Crippen molar-refractivity contribution in [1.29, 1.82) is 0 Å². The SMILES string of the molecule is CC1(NS(=O)(=O)c2cc(Br)cnc2N)CCCC1. The van der Waals surface area contributed by atoms with Gasteiger partial charge in [0.25, 0.3) is 0 Å². The quantitative estimate of drug-likeness (QED) is 0.886. The molecule has 18 heavy (non-hydrogen) atoms. The Morgan fingerprint density at radius 1 is 1.44 bits per heavy atom. The van der Waals surface area contributed by atoms with E-state index >= 15 is 0 Å². The van der Waals surface area contributed by atoms with Gasteiger partial charge in [0.05, 0.1) is 0 Å². The van der Waals surface area contributed by atoms with Crippen LogP contribution in [0.3, 0.4) is 0 Å². The lowest BCUT2D eigenvalue weighted by molar-refractivity contribution is 0.427. The molecular weight excluding hydrogens is 318 g/mol. The number of nitrogens with one attached hydrogen (secondary N) is 1. The maximum absolute atomic E-state index is 12.3. The number of rotatable bonds is 3. The average Bonchev–Trinajstić information content (AvgIpc) is 2.67. The molecule has 1 heterocycles. The van der Waals surface area contributed by atoms with Gasteiger partial charge in [-0.25, -0.2) is 18.1 Å². The van der Waals surface area contributed by atoms with E-state index in [1.54, 1.807) is 0 Å². The summed E-state index contributed by atoms with van der Waals surface area (Å²) in [7, 11) is -3.62. The third kappa shape index (κ3) is 2.84. The third-order valence-corrected chi connectivity index (χ3v) is 5.33.